The van der Waals surface area contributed by atoms with E-state index in [4.69, 9.17) is 0 Å². The summed E-state index contributed by atoms with van der Waals surface area (Å²) in [6.45, 7) is 2.02. The molecule has 0 saturated carbocycles. The summed E-state index contributed by atoms with van der Waals surface area (Å²) >= 11 is 0. The zero-order chi connectivity index (χ0) is 12.5. The van der Waals surface area contributed by atoms with Crippen LogP contribution in [0, 0.1) is 6.92 Å². The Labute approximate surface area is 106 Å². The molecule has 0 amide bonds. The topological polar surface area (TPSA) is 20.2 Å². The largest absolute Gasteiger partial charge is 0.508 e. The van der Waals surface area contributed by atoms with Gasteiger partial charge in [0.25, 0.3) is 0 Å². The van der Waals surface area contributed by atoms with Crippen molar-refractivity contribution in [2.45, 2.75) is 6.92 Å². The summed E-state index contributed by atoms with van der Waals surface area (Å²) in [7, 11) is 0. The molecule has 0 unspecified atom stereocenters. The van der Waals surface area contributed by atoms with Gasteiger partial charge in [0.2, 0.25) is 0 Å². The number of hydrogen-bond acceptors (Lipinski definition) is 1. The molecular weight excluding hydrogens is 220 g/mol. The van der Waals surface area contributed by atoms with Crippen molar-refractivity contribution in [3.8, 4) is 16.9 Å². The molecule has 1 heteroatoms. The molecule has 0 saturated heterocycles. The fourth-order valence-corrected chi connectivity index (χ4v) is 2.33. The number of phenols is 1. The monoisotopic (exact) mass is 234 g/mol. The SMILES string of the molecule is Cc1cc(O)ccc1-c1ccc2ccccc2c1. The average Bonchev–Trinajstić information content (AvgIpc) is 2.38. The predicted molar refractivity (Wildman–Crippen MR) is 75.8 cm³/mol. The van der Waals surface area contributed by atoms with Crippen LogP contribution in [0.4, 0.5) is 0 Å². The molecule has 0 spiro atoms. The molecule has 0 atom stereocenters. The van der Waals surface area contributed by atoms with E-state index < -0.39 is 0 Å². The lowest BCUT2D eigenvalue weighted by Crippen LogP contribution is -1.83. The van der Waals surface area contributed by atoms with Crippen LogP contribution in [0.3, 0.4) is 0 Å². The summed E-state index contributed by atoms with van der Waals surface area (Å²) < 4.78 is 0. The Morgan fingerprint density at radius 1 is 0.778 bits per heavy atom. The van der Waals surface area contributed by atoms with Gasteiger partial charge in [-0.2, -0.15) is 0 Å². The minimum absolute atomic E-state index is 0.317. The number of phenolic OH excluding ortho intramolecular Hbond substituents is 1. The lowest BCUT2D eigenvalue weighted by molar-refractivity contribution is 0.475. The van der Waals surface area contributed by atoms with E-state index in [1.807, 2.05) is 19.1 Å². The van der Waals surface area contributed by atoms with Gasteiger partial charge in [-0.1, -0.05) is 42.5 Å². The minimum atomic E-state index is 0.317. The first-order valence-electron chi connectivity index (χ1n) is 6.03. The van der Waals surface area contributed by atoms with E-state index in [0.717, 1.165) is 5.56 Å². The molecule has 88 valence electrons. The standard InChI is InChI=1S/C17H14O/c1-12-10-16(18)8-9-17(12)15-7-6-13-4-2-3-5-14(13)11-15/h2-11,18H,1H3. The molecule has 3 aromatic carbocycles. The van der Waals surface area contributed by atoms with E-state index in [2.05, 4.69) is 36.4 Å². The lowest BCUT2D eigenvalue weighted by Gasteiger charge is -2.08. The molecule has 0 bridgehead atoms. The summed E-state index contributed by atoms with van der Waals surface area (Å²) in [4.78, 5) is 0. The summed E-state index contributed by atoms with van der Waals surface area (Å²) in [6.07, 6.45) is 0. The Balaban J connectivity index is 2.19. The first-order valence-corrected chi connectivity index (χ1v) is 6.03. The van der Waals surface area contributed by atoms with E-state index in [-0.39, 0.29) is 0 Å². The first-order chi connectivity index (χ1) is 8.74. The molecule has 0 heterocycles. The highest BCUT2D eigenvalue weighted by atomic mass is 16.3. The Morgan fingerprint density at radius 2 is 1.56 bits per heavy atom. The van der Waals surface area contributed by atoms with Crippen molar-refractivity contribution in [3.05, 3.63) is 66.2 Å². The first kappa shape index (κ1) is 10.8. The molecule has 0 aliphatic carbocycles. The zero-order valence-electron chi connectivity index (χ0n) is 10.2. The van der Waals surface area contributed by atoms with Crippen LogP contribution in [0.5, 0.6) is 5.75 Å². The highest BCUT2D eigenvalue weighted by Crippen LogP contribution is 2.28. The van der Waals surface area contributed by atoms with Crippen LogP contribution in [-0.4, -0.2) is 5.11 Å². The van der Waals surface area contributed by atoms with Gasteiger partial charge >= 0.3 is 0 Å². The van der Waals surface area contributed by atoms with Crippen molar-refractivity contribution in [2.75, 3.05) is 0 Å². The molecule has 0 aliphatic heterocycles. The smallest absolute Gasteiger partial charge is 0.115 e. The van der Waals surface area contributed by atoms with Crippen molar-refractivity contribution in [1.82, 2.24) is 0 Å². The third-order valence-electron chi connectivity index (χ3n) is 3.27. The van der Waals surface area contributed by atoms with Crippen LogP contribution in [0.2, 0.25) is 0 Å². The average molecular weight is 234 g/mol. The van der Waals surface area contributed by atoms with E-state index in [1.165, 1.54) is 21.9 Å². The number of rotatable bonds is 1. The highest BCUT2D eigenvalue weighted by Gasteiger charge is 2.03. The van der Waals surface area contributed by atoms with Crippen LogP contribution in [-0.2, 0) is 0 Å². The second-order valence-corrected chi connectivity index (χ2v) is 4.56. The number of aromatic hydroxyl groups is 1. The van der Waals surface area contributed by atoms with E-state index >= 15 is 0 Å². The maximum absolute atomic E-state index is 9.46. The van der Waals surface area contributed by atoms with Crippen molar-refractivity contribution >= 4 is 10.8 Å². The van der Waals surface area contributed by atoms with Gasteiger partial charge in [-0.25, -0.2) is 0 Å². The number of fused-ring (bicyclic) bond motifs is 1. The second kappa shape index (κ2) is 4.19. The number of aryl methyl sites for hydroxylation is 1. The number of benzene rings is 3. The third-order valence-corrected chi connectivity index (χ3v) is 3.27. The molecule has 0 aromatic heterocycles. The number of hydrogen-bond donors (Lipinski definition) is 1. The van der Waals surface area contributed by atoms with Crippen LogP contribution in [0.25, 0.3) is 21.9 Å². The Hall–Kier alpha value is -2.28. The minimum Gasteiger partial charge on any atom is -0.508 e. The zero-order valence-corrected chi connectivity index (χ0v) is 10.2. The Morgan fingerprint density at radius 3 is 2.33 bits per heavy atom. The van der Waals surface area contributed by atoms with Gasteiger partial charge in [-0.05, 0) is 52.6 Å². The van der Waals surface area contributed by atoms with Crippen LogP contribution >= 0.6 is 0 Å². The molecule has 0 aliphatic rings. The van der Waals surface area contributed by atoms with Crippen molar-refractivity contribution < 1.29 is 5.11 Å². The Kier molecular flexibility index (Phi) is 2.52. The van der Waals surface area contributed by atoms with Crippen molar-refractivity contribution in [1.29, 1.82) is 0 Å². The third kappa shape index (κ3) is 1.84. The van der Waals surface area contributed by atoms with Gasteiger partial charge < -0.3 is 5.11 Å². The van der Waals surface area contributed by atoms with Crippen LogP contribution in [0.15, 0.2) is 60.7 Å². The van der Waals surface area contributed by atoms with E-state index in [0.29, 0.717) is 5.75 Å². The van der Waals surface area contributed by atoms with Crippen molar-refractivity contribution in [2.24, 2.45) is 0 Å². The molecule has 3 aromatic rings. The van der Waals surface area contributed by atoms with Gasteiger partial charge in [0.05, 0.1) is 0 Å². The van der Waals surface area contributed by atoms with E-state index in [1.54, 1.807) is 12.1 Å². The quantitative estimate of drug-likeness (QED) is 0.656. The summed E-state index contributed by atoms with van der Waals surface area (Å²) in [6, 6.07) is 20.3. The molecule has 0 fully saturated rings. The normalized spacial score (nSPS) is 10.7. The molecule has 1 N–H and O–H groups in total. The molecule has 1 nitrogen and oxygen atoms in total. The van der Waals surface area contributed by atoms with Gasteiger partial charge in [0.1, 0.15) is 5.75 Å². The van der Waals surface area contributed by atoms with E-state index in [9.17, 15) is 5.11 Å². The van der Waals surface area contributed by atoms with Gasteiger partial charge in [-0.15, -0.1) is 0 Å². The Bertz CT molecular complexity index is 714. The fraction of sp³-hybridized carbons (Fsp3) is 0.0588. The molecule has 3 rings (SSSR count). The maximum Gasteiger partial charge on any atom is 0.115 e. The summed E-state index contributed by atoms with van der Waals surface area (Å²) in [5.41, 5.74) is 3.44. The van der Waals surface area contributed by atoms with Gasteiger partial charge in [-0.3, -0.25) is 0 Å². The molecule has 18 heavy (non-hydrogen) atoms. The van der Waals surface area contributed by atoms with Gasteiger partial charge in [0, 0.05) is 0 Å². The van der Waals surface area contributed by atoms with Crippen molar-refractivity contribution in [3.63, 3.8) is 0 Å². The summed E-state index contributed by atoms with van der Waals surface area (Å²) in [5.74, 6) is 0.317. The van der Waals surface area contributed by atoms with Crippen LogP contribution in [0.1, 0.15) is 5.56 Å². The summed E-state index contributed by atoms with van der Waals surface area (Å²) in [5, 5.41) is 11.9. The maximum atomic E-state index is 9.46. The lowest BCUT2D eigenvalue weighted by atomic mass is 9.98. The highest BCUT2D eigenvalue weighted by molar-refractivity contribution is 5.87. The molecule has 0 radical (unpaired) electrons. The molecular formula is C17H14O. The van der Waals surface area contributed by atoms with Gasteiger partial charge in [0.15, 0.2) is 0 Å². The predicted octanol–water partition coefficient (Wildman–Crippen LogP) is 4.52. The van der Waals surface area contributed by atoms with Crippen LogP contribution < -0.4 is 0 Å². The second-order valence-electron chi connectivity index (χ2n) is 4.56. The fourth-order valence-electron chi connectivity index (χ4n) is 2.33.